The molecule has 1 N–H and O–H groups in total. The first-order chi connectivity index (χ1) is 8.17. The van der Waals surface area contributed by atoms with E-state index in [1.54, 1.807) is 27.7 Å². The second-order valence-electron chi connectivity index (χ2n) is 4.96. The quantitative estimate of drug-likeness (QED) is 0.575. The van der Waals surface area contributed by atoms with Crippen LogP contribution in [-0.2, 0) is 19.1 Å². The van der Waals surface area contributed by atoms with Crippen molar-refractivity contribution in [2.45, 2.75) is 45.8 Å². The zero-order valence-corrected chi connectivity index (χ0v) is 11.2. The lowest BCUT2D eigenvalue weighted by atomic mass is 10.00. The van der Waals surface area contributed by atoms with Gasteiger partial charge in [0.25, 0.3) is 0 Å². The molecule has 0 spiro atoms. The van der Waals surface area contributed by atoms with Gasteiger partial charge in [-0.2, -0.15) is 0 Å². The predicted molar refractivity (Wildman–Crippen MR) is 65.8 cm³/mol. The molecule has 0 aromatic rings. The van der Waals surface area contributed by atoms with Crippen molar-refractivity contribution in [2.75, 3.05) is 6.61 Å². The smallest absolute Gasteiger partial charge is 0.309 e. The minimum absolute atomic E-state index is 0.0132. The number of hydrogen-bond donors (Lipinski definition) is 1. The third-order valence-electron chi connectivity index (χ3n) is 2.12. The predicted octanol–water partition coefficient (Wildman–Crippen LogP) is 1.46. The molecule has 0 bridgehead atoms. The summed E-state index contributed by atoms with van der Waals surface area (Å²) in [7, 11) is 0. The maximum absolute atomic E-state index is 11.6. The molecule has 0 aliphatic heterocycles. The Bertz CT molecular complexity index is 334. The molecule has 0 fully saturated rings. The molecule has 0 aliphatic carbocycles. The summed E-state index contributed by atoms with van der Waals surface area (Å²) in [5.41, 5.74) is -0.636. The van der Waals surface area contributed by atoms with Crippen LogP contribution in [-0.4, -0.2) is 35.4 Å². The van der Waals surface area contributed by atoms with Gasteiger partial charge in [-0.25, -0.2) is 0 Å². The Hall–Kier alpha value is -1.54. The summed E-state index contributed by atoms with van der Waals surface area (Å²) in [6, 6.07) is 0. The Morgan fingerprint density at radius 2 is 1.94 bits per heavy atom. The van der Waals surface area contributed by atoms with Gasteiger partial charge in [-0.3, -0.25) is 9.59 Å². The van der Waals surface area contributed by atoms with Crippen molar-refractivity contribution in [3.05, 3.63) is 0 Å². The number of carbonyl (C=O) groups is 2. The standard InChI is InChI=1S/C13H20O5/c1-6-7-17-9(2)10(12(15)16)8-11(14)18-13(3,4)5/h1,9-10H,7-8H2,2-5H3,(H,15,16)/t9?,10-/m0/s1. The van der Waals surface area contributed by atoms with Crippen molar-refractivity contribution in [3.63, 3.8) is 0 Å². The van der Waals surface area contributed by atoms with E-state index in [0.717, 1.165) is 0 Å². The second-order valence-corrected chi connectivity index (χ2v) is 4.96. The van der Waals surface area contributed by atoms with Crippen LogP contribution in [0.25, 0.3) is 0 Å². The summed E-state index contributed by atoms with van der Waals surface area (Å²) in [6.45, 7) is 6.75. The minimum Gasteiger partial charge on any atom is -0.481 e. The molecule has 0 rings (SSSR count). The summed E-state index contributed by atoms with van der Waals surface area (Å²) in [5.74, 6) is -0.382. The van der Waals surface area contributed by atoms with E-state index in [0.29, 0.717) is 0 Å². The number of carboxylic acids is 1. The summed E-state index contributed by atoms with van der Waals surface area (Å²) < 4.78 is 10.2. The van der Waals surface area contributed by atoms with E-state index in [1.807, 2.05) is 0 Å². The molecule has 0 aliphatic rings. The topological polar surface area (TPSA) is 72.8 Å². The molecule has 2 atom stereocenters. The molecule has 0 saturated carbocycles. The third-order valence-corrected chi connectivity index (χ3v) is 2.12. The van der Waals surface area contributed by atoms with Crippen LogP contribution < -0.4 is 0 Å². The van der Waals surface area contributed by atoms with Crippen molar-refractivity contribution < 1.29 is 24.2 Å². The Morgan fingerprint density at radius 1 is 1.39 bits per heavy atom. The van der Waals surface area contributed by atoms with Gasteiger partial charge in [0, 0.05) is 0 Å². The van der Waals surface area contributed by atoms with Gasteiger partial charge >= 0.3 is 11.9 Å². The molecule has 102 valence electrons. The minimum atomic E-state index is -1.11. The Balaban J connectivity index is 4.50. The molecule has 5 nitrogen and oxygen atoms in total. The maximum Gasteiger partial charge on any atom is 0.309 e. The second kappa shape index (κ2) is 7.02. The van der Waals surface area contributed by atoms with Crippen LogP contribution in [0.1, 0.15) is 34.1 Å². The highest BCUT2D eigenvalue weighted by Gasteiger charge is 2.30. The number of esters is 1. The zero-order chi connectivity index (χ0) is 14.3. The van der Waals surface area contributed by atoms with Crippen molar-refractivity contribution in [1.29, 1.82) is 0 Å². The average Bonchev–Trinajstić information content (AvgIpc) is 2.19. The van der Waals surface area contributed by atoms with Crippen molar-refractivity contribution in [2.24, 2.45) is 5.92 Å². The Kier molecular flexibility index (Phi) is 6.42. The number of aliphatic carboxylic acids is 1. The Labute approximate surface area is 107 Å². The van der Waals surface area contributed by atoms with Crippen LogP contribution in [0.3, 0.4) is 0 Å². The lowest BCUT2D eigenvalue weighted by Crippen LogP contribution is -2.33. The van der Waals surface area contributed by atoms with E-state index in [2.05, 4.69) is 5.92 Å². The molecular formula is C13H20O5. The van der Waals surface area contributed by atoms with Gasteiger partial charge < -0.3 is 14.6 Å². The lowest BCUT2D eigenvalue weighted by Gasteiger charge is -2.23. The van der Waals surface area contributed by atoms with Gasteiger partial charge in [-0.15, -0.1) is 6.42 Å². The Morgan fingerprint density at radius 3 is 2.33 bits per heavy atom. The summed E-state index contributed by atoms with van der Waals surface area (Å²) in [4.78, 5) is 22.6. The number of ether oxygens (including phenoxy) is 2. The van der Waals surface area contributed by atoms with Gasteiger partial charge in [-0.1, -0.05) is 5.92 Å². The number of terminal acetylenes is 1. The van der Waals surface area contributed by atoms with Gasteiger partial charge in [0.2, 0.25) is 0 Å². The van der Waals surface area contributed by atoms with Gasteiger partial charge in [0.1, 0.15) is 12.2 Å². The highest BCUT2D eigenvalue weighted by Crippen LogP contribution is 2.16. The van der Waals surface area contributed by atoms with Crippen LogP contribution in [0.15, 0.2) is 0 Å². The molecule has 0 radical (unpaired) electrons. The van der Waals surface area contributed by atoms with E-state index in [1.165, 1.54) is 0 Å². The van der Waals surface area contributed by atoms with Crippen LogP contribution >= 0.6 is 0 Å². The number of rotatable bonds is 6. The molecule has 0 saturated heterocycles. The van der Waals surface area contributed by atoms with Crippen LogP contribution in [0.5, 0.6) is 0 Å². The molecular weight excluding hydrogens is 236 g/mol. The van der Waals surface area contributed by atoms with Gasteiger partial charge in [0.15, 0.2) is 0 Å². The first-order valence-electron chi connectivity index (χ1n) is 5.67. The molecule has 0 amide bonds. The van der Waals surface area contributed by atoms with Crippen LogP contribution in [0, 0.1) is 18.3 Å². The van der Waals surface area contributed by atoms with E-state index < -0.39 is 29.6 Å². The largest absolute Gasteiger partial charge is 0.481 e. The van der Waals surface area contributed by atoms with Crippen LogP contribution in [0.2, 0.25) is 0 Å². The van der Waals surface area contributed by atoms with Crippen LogP contribution in [0.4, 0.5) is 0 Å². The fraction of sp³-hybridized carbons (Fsp3) is 0.692. The third kappa shape index (κ3) is 6.92. The van der Waals surface area contributed by atoms with Gasteiger partial charge in [-0.05, 0) is 27.7 Å². The fourth-order valence-corrected chi connectivity index (χ4v) is 1.31. The molecule has 0 heterocycles. The molecule has 0 aromatic carbocycles. The van der Waals surface area contributed by atoms with Crippen molar-refractivity contribution in [3.8, 4) is 12.3 Å². The summed E-state index contributed by atoms with van der Waals surface area (Å²) in [5, 5.41) is 9.05. The maximum atomic E-state index is 11.6. The van der Waals surface area contributed by atoms with Crippen molar-refractivity contribution >= 4 is 11.9 Å². The van der Waals surface area contributed by atoms with Gasteiger partial charge in [0.05, 0.1) is 18.4 Å². The lowest BCUT2D eigenvalue weighted by molar-refractivity contribution is -0.163. The summed E-state index contributed by atoms with van der Waals surface area (Å²) >= 11 is 0. The average molecular weight is 256 g/mol. The van der Waals surface area contributed by atoms with E-state index in [9.17, 15) is 9.59 Å². The molecule has 18 heavy (non-hydrogen) atoms. The van der Waals surface area contributed by atoms with E-state index >= 15 is 0 Å². The normalized spacial score (nSPS) is 14.4. The van der Waals surface area contributed by atoms with Crippen molar-refractivity contribution in [1.82, 2.24) is 0 Å². The zero-order valence-electron chi connectivity index (χ0n) is 11.2. The van der Waals surface area contributed by atoms with E-state index in [-0.39, 0.29) is 13.0 Å². The van der Waals surface area contributed by atoms with E-state index in [4.69, 9.17) is 21.0 Å². The SMILES string of the molecule is C#CCOC(C)[C@H](CC(=O)OC(C)(C)C)C(=O)O. The highest BCUT2D eigenvalue weighted by molar-refractivity contribution is 5.79. The molecule has 1 unspecified atom stereocenters. The fourth-order valence-electron chi connectivity index (χ4n) is 1.31. The number of hydrogen-bond acceptors (Lipinski definition) is 4. The highest BCUT2D eigenvalue weighted by atomic mass is 16.6. The molecule has 5 heteroatoms. The monoisotopic (exact) mass is 256 g/mol. The molecule has 0 aromatic heterocycles. The number of carbonyl (C=O) groups excluding carboxylic acids is 1. The summed E-state index contributed by atoms with van der Waals surface area (Å²) in [6.07, 6.45) is 4.14. The first kappa shape index (κ1) is 16.5. The first-order valence-corrected chi connectivity index (χ1v) is 5.67. The number of carboxylic acid groups (broad SMARTS) is 1.